The molecule has 0 rings (SSSR count). The average molecular weight is 312 g/mol. The molecule has 0 saturated carbocycles. The Morgan fingerprint density at radius 3 is 1.80 bits per heavy atom. The molecule has 0 bridgehead atoms. The molecule has 120 valence electrons. The van der Waals surface area contributed by atoms with Crippen LogP contribution < -0.4 is 0 Å². The van der Waals surface area contributed by atoms with Crippen molar-refractivity contribution in [3.8, 4) is 0 Å². The van der Waals surface area contributed by atoms with Crippen LogP contribution in [0.4, 0.5) is 30.7 Å². The van der Waals surface area contributed by atoms with Crippen LogP contribution in [0, 0.1) is 11.8 Å². The fourth-order valence-corrected chi connectivity index (χ4v) is 1.64. The molecule has 0 amide bonds. The minimum atomic E-state index is -6.39. The lowest BCUT2D eigenvalue weighted by Crippen LogP contribution is -2.53. The molecular formula is C11H15F7O2. The number of carbonyl (C=O) groups excluding carboxylic acids is 1. The first-order valence-electron chi connectivity index (χ1n) is 5.66. The highest BCUT2D eigenvalue weighted by molar-refractivity contribution is 5.72. The molecule has 9 heteroatoms. The third kappa shape index (κ3) is 4.24. The number of halogens is 7. The van der Waals surface area contributed by atoms with Crippen LogP contribution in [0.2, 0.25) is 0 Å². The maximum Gasteiger partial charge on any atom is 0.459 e. The van der Waals surface area contributed by atoms with Gasteiger partial charge in [0.2, 0.25) is 0 Å². The van der Waals surface area contributed by atoms with Crippen LogP contribution in [-0.2, 0) is 9.53 Å². The molecule has 0 aliphatic heterocycles. The van der Waals surface area contributed by atoms with Gasteiger partial charge < -0.3 is 4.74 Å². The van der Waals surface area contributed by atoms with Gasteiger partial charge >= 0.3 is 24.0 Å². The van der Waals surface area contributed by atoms with E-state index in [9.17, 15) is 35.5 Å². The summed E-state index contributed by atoms with van der Waals surface area (Å²) >= 11 is 0. The summed E-state index contributed by atoms with van der Waals surface area (Å²) in [5.41, 5.74) is 0. The highest BCUT2D eigenvalue weighted by Crippen LogP contribution is 2.49. The van der Waals surface area contributed by atoms with Gasteiger partial charge in [0, 0.05) is 6.42 Å². The molecule has 0 saturated heterocycles. The Balaban J connectivity index is 5.24. The second-order valence-corrected chi connectivity index (χ2v) is 4.83. The summed E-state index contributed by atoms with van der Waals surface area (Å²) in [6, 6.07) is 0. The molecule has 0 aromatic rings. The molecule has 0 N–H and O–H groups in total. The standard InChI is InChI=1S/C11H15F7O2/c1-6(2)4-7(8(19)20-3)5-9(12,13)10(14,15)11(16,17)18/h6-7H,4-5H2,1-3H3. The lowest BCUT2D eigenvalue weighted by atomic mass is 9.89. The van der Waals surface area contributed by atoms with Gasteiger partial charge in [0.05, 0.1) is 13.0 Å². The summed E-state index contributed by atoms with van der Waals surface area (Å²) in [5, 5.41) is 0. The van der Waals surface area contributed by atoms with Gasteiger partial charge in [-0.1, -0.05) is 13.8 Å². The van der Waals surface area contributed by atoms with E-state index in [2.05, 4.69) is 4.74 Å². The van der Waals surface area contributed by atoms with Gasteiger partial charge in [0.1, 0.15) is 0 Å². The van der Waals surface area contributed by atoms with Crippen molar-refractivity contribution in [3.05, 3.63) is 0 Å². The van der Waals surface area contributed by atoms with Gasteiger partial charge in [-0.2, -0.15) is 30.7 Å². The average Bonchev–Trinajstić information content (AvgIpc) is 2.24. The number of carbonyl (C=O) groups is 1. The maximum atomic E-state index is 13.2. The molecule has 0 aromatic carbocycles. The highest BCUT2D eigenvalue weighted by atomic mass is 19.4. The Kier molecular flexibility index (Phi) is 5.86. The van der Waals surface area contributed by atoms with Crippen molar-refractivity contribution in [1.29, 1.82) is 0 Å². The second-order valence-electron chi connectivity index (χ2n) is 4.83. The predicted molar refractivity (Wildman–Crippen MR) is 55.5 cm³/mol. The summed E-state index contributed by atoms with van der Waals surface area (Å²) in [6.45, 7) is 3.02. The number of hydrogen-bond acceptors (Lipinski definition) is 2. The molecule has 0 fully saturated rings. The van der Waals surface area contributed by atoms with Crippen LogP contribution in [0.5, 0.6) is 0 Å². The predicted octanol–water partition coefficient (Wildman–Crippen LogP) is 4.04. The van der Waals surface area contributed by atoms with Crippen LogP contribution >= 0.6 is 0 Å². The maximum absolute atomic E-state index is 13.2. The van der Waals surface area contributed by atoms with E-state index in [0.29, 0.717) is 0 Å². The van der Waals surface area contributed by atoms with Crippen LogP contribution in [0.25, 0.3) is 0 Å². The molecule has 1 unspecified atom stereocenters. The van der Waals surface area contributed by atoms with Gasteiger partial charge in [0.25, 0.3) is 0 Å². The number of ether oxygens (including phenoxy) is 1. The number of alkyl halides is 7. The quantitative estimate of drug-likeness (QED) is 0.546. The van der Waals surface area contributed by atoms with Crippen molar-refractivity contribution >= 4 is 5.97 Å². The molecule has 0 aromatic heterocycles. The van der Waals surface area contributed by atoms with E-state index >= 15 is 0 Å². The third-order valence-electron chi connectivity index (χ3n) is 2.61. The van der Waals surface area contributed by atoms with Crippen LogP contribution in [0.15, 0.2) is 0 Å². The molecule has 0 spiro atoms. The molecule has 0 heterocycles. The minimum absolute atomic E-state index is 0.282. The normalized spacial score (nSPS) is 15.3. The molecule has 0 radical (unpaired) electrons. The number of hydrogen-bond donors (Lipinski definition) is 0. The van der Waals surface area contributed by atoms with Gasteiger partial charge in [-0.25, -0.2) is 0 Å². The van der Waals surface area contributed by atoms with Gasteiger partial charge in [0.15, 0.2) is 0 Å². The van der Waals surface area contributed by atoms with Gasteiger partial charge in [-0.05, 0) is 12.3 Å². The molecule has 1 atom stereocenters. The second kappa shape index (κ2) is 6.17. The minimum Gasteiger partial charge on any atom is -0.469 e. The summed E-state index contributed by atoms with van der Waals surface area (Å²) in [5.74, 6) is -14.9. The van der Waals surface area contributed by atoms with E-state index in [0.717, 1.165) is 7.11 Å². The zero-order chi connectivity index (χ0) is 16.4. The first kappa shape index (κ1) is 19.0. The van der Waals surface area contributed by atoms with E-state index in [1.807, 2.05) is 0 Å². The lowest BCUT2D eigenvalue weighted by molar-refractivity contribution is -0.357. The number of esters is 1. The molecule has 2 nitrogen and oxygen atoms in total. The van der Waals surface area contributed by atoms with Crippen molar-refractivity contribution in [2.75, 3.05) is 7.11 Å². The topological polar surface area (TPSA) is 26.3 Å². The van der Waals surface area contributed by atoms with E-state index in [-0.39, 0.29) is 12.3 Å². The fraction of sp³-hybridized carbons (Fsp3) is 0.909. The van der Waals surface area contributed by atoms with Gasteiger partial charge in [-0.3, -0.25) is 4.79 Å². The van der Waals surface area contributed by atoms with Gasteiger partial charge in [-0.15, -0.1) is 0 Å². The monoisotopic (exact) mass is 312 g/mol. The largest absolute Gasteiger partial charge is 0.469 e. The summed E-state index contributed by atoms with van der Waals surface area (Å²) in [7, 11) is 0.843. The third-order valence-corrected chi connectivity index (χ3v) is 2.61. The van der Waals surface area contributed by atoms with Crippen LogP contribution in [0.1, 0.15) is 26.7 Å². The van der Waals surface area contributed by atoms with Crippen molar-refractivity contribution in [2.45, 2.75) is 44.7 Å². The summed E-state index contributed by atoms with van der Waals surface area (Å²) < 4.78 is 92.0. The summed E-state index contributed by atoms with van der Waals surface area (Å²) in [6.07, 6.45) is -8.60. The first-order valence-corrected chi connectivity index (χ1v) is 5.66. The zero-order valence-corrected chi connectivity index (χ0v) is 11.0. The Morgan fingerprint density at radius 1 is 1.05 bits per heavy atom. The molecule has 0 aliphatic rings. The molecular weight excluding hydrogens is 297 g/mol. The molecule has 0 aliphatic carbocycles. The smallest absolute Gasteiger partial charge is 0.459 e. The Labute approximate surface area is 111 Å². The highest BCUT2D eigenvalue weighted by Gasteiger charge is 2.73. The van der Waals surface area contributed by atoms with Crippen molar-refractivity contribution in [2.24, 2.45) is 11.8 Å². The van der Waals surface area contributed by atoms with Crippen molar-refractivity contribution < 1.29 is 40.3 Å². The van der Waals surface area contributed by atoms with Crippen molar-refractivity contribution in [3.63, 3.8) is 0 Å². The van der Waals surface area contributed by atoms with E-state index < -0.39 is 36.3 Å². The van der Waals surface area contributed by atoms with Crippen LogP contribution in [-0.4, -0.2) is 31.1 Å². The Bertz CT molecular complexity index is 336. The molecule has 20 heavy (non-hydrogen) atoms. The van der Waals surface area contributed by atoms with Crippen molar-refractivity contribution in [1.82, 2.24) is 0 Å². The van der Waals surface area contributed by atoms with E-state index in [4.69, 9.17) is 0 Å². The number of methoxy groups -OCH3 is 1. The number of rotatable bonds is 6. The van der Waals surface area contributed by atoms with Crippen LogP contribution in [0.3, 0.4) is 0 Å². The zero-order valence-electron chi connectivity index (χ0n) is 11.0. The Morgan fingerprint density at radius 2 is 1.50 bits per heavy atom. The SMILES string of the molecule is COC(=O)C(CC(C)C)CC(F)(F)C(F)(F)C(F)(F)F. The van der Waals surface area contributed by atoms with E-state index in [1.165, 1.54) is 13.8 Å². The van der Waals surface area contributed by atoms with E-state index in [1.54, 1.807) is 0 Å². The summed E-state index contributed by atoms with van der Waals surface area (Å²) in [4.78, 5) is 11.2. The lowest BCUT2D eigenvalue weighted by Gasteiger charge is -2.30. The first-order chi connectivity index (χ1) is 8.76. The fourth-order valence-electron chi connectivity index (χ4n) is 1.64. The Hall–Kier alpha value is -1.02.